The van der Waals surface area contributed by atoms with E-state index >= 15 is 4.39 Å². The number of carbonyl (C=O) groups is 2. The van der Waals surface area contributed by atoms with Crippen LogP contribution in [0.1, 0.15) is 68.7 Å². The minimum absolute atomic E-state index is 0.0231. The van der Waals surface area contributed by atoms with Crippen molar-refractivity contribution in [2.75, 3.05) is 40.5 Å². The molecule has 8 nitrogen and oxygen atoms in total. The van der Waals surface area contributed by atoms with Crippen LogP contribution in [0.5, 0.6) is 0 Å². The van der Waals surface area contributed by atoms with Crippen molar-refractivity contribution < 1.29 is 54.5 Å². The molecule has 280 valence electrons. The van der Waals surface area contributed by atoms with Gasteiger partial charge >= 0.3 is 24.4 Å². The number of carbonyl (C=O) groups excluding carboxylic acids is 2. The highest BCUT2D eigenvalue weighted by Gasteiger charge is 2.43. The molecule has 1 aromatic carbocycles. The Labute approximate surface area is 292 Å². The van der Waals surface area contributed by atoms with Crippen molar-refractivity contribution in [1.82, 2.24) is 9.80 Å². The Morgan fingerprint density at radius 1 is 0.961 bits per heavy atom. The number of ether oxygens (including phenoxy) is 3. The van der Waals surface area contributed by atoms with Gasteiger partial charge in [0, 0.05) is 19.2 Å². The number of alkyl halides is 6. The van der Waals surface area contributed by atoms with Gasteiger partial charge in [0.1, 0.15) is 11.9 Å². The smallest absolute Gasteiger partial charge is 0.416 e. The van der Waals surface area contributed by atoms with Gasteiger partial charge in [-0.1, -0.05) is 18.2 Å². The molecular formula is C36H42F7N3O5. The average Bonchev–Trinajstić information content (AvgIpc) is 3.35. The first-order chi connectivity index (χ1) is 24.1. The molecule has 1 amide bonds. The zero-order valence-electron chi connectivity index (χ0n) is 28.8. The number of amides is 1. The minimum atomic E-state index is -5.07. The fourth-order valence-electron chi connectivity index (χ4n) is 6.39. The minimum Gasteiger partial charge on any atom is -0.504 e. The van der Waals surface area contributed by atoms with Gasteiger partial charge in [-0.15, -0.1) is 0 Å². The molecule has 51 heavy (non-hydrogen) atoms. The number of hydrogen-bond acceptors (Lipinski definition) is 7. The van der Waals surface area contributed by atoms with Gasteiger partial charge in [-0.05, 0) is 86.8 Å². The second kappa shape index (κ2) is 16.9. The number of rotatable bonds is 12. The van der Waals surface area contributed by atoms with Crippen LogP contribution in [0.25, 0.3) is 0 Å². The van der Waals surface area contributed by atoms with Crippen molar-refractivity contribution in [3.63, 3.8) is 0 Å². The van der Waals surface area contributed by atoms with E-state index in [0.717, 1.165) is 19.5 Å². The molecule has 0 spiro atoms. The first-order valence-electron chi connectivity index (χ1n) is 16.6. The fourth-order valence-corrected chi connectivity index (χ4v) is 6.39. The number of hydrogen-bond donors (Lipinski definition) is 0. The summed E-state index contributed by atoms with van der Waals surface area (Å²) in [7, 11) is 2.71. The molecule has 4 rings (SSSR count). The van der Waals surface area contributed by atoms with Crippen molar-refractivity contribution in [2.45, 2.75) is 70.4 Å². The van der Waals surface area contributed by atoms with E-state index in [9.17, 15) is 35.9 Å². The molecule has 3 aliphatic rings. The Kier molecular flexibility index (Phi) is 13.2. The van der Waals surface area contributed by atoms with Crippen LogP contribution in [0.2, 0.25) is 0 Å². The van der Waals surface area contributed by atoms with Crippen LogP contribution < -0.4 is 0 Å². The number of nitrogens with zero attached hydrogens (tertiary/aromatic N) is 3. The zero-order chi connectivity index (χ0) is 37.5. The van der Waals surface area contributed by atoms with E-state index < -0.39 is 53.1 Å². The van der Waals surface area contributed by atoms with Crippen LogP contribution >= 0.6 is 0 Å². The summed E-state index contributed by atoms with van der Waals surface area (Å²) in [6, 6.07) is 0.168. The van der Waals surface area contributed by atoms with Crippen molar-refractivity contribution in [3.8, 4) is 0 Å². The molecule has 15 heteroatoms. The molecule has 2 unspecified atom stereocenters. The highest BCUT2D eigenvalue weighted by molar-refractivity contribution is 6.05. The molecule has 1 aliphatic carbocycles. The van der Waals surface area contributed by atoms with Gasteiger partial charge in [-0.3, -0.25) is 19.6 Å². The summed E-state index contributed by atoms with van der Waals surface area (Å²) >= 11 is 0. The molecule has 1 aromatic rings. The summed E-state index contributed by atoms with van der Waals surface area (Å²) in [5, 5.41) is 0. The van der Waals surface area contributed by atoms with E-state index in [1.54, 1.807) is 25.2 Å². The number of methoxy groups -OCH3 is 2. The maximum absolute atomic E-state index is 15.6. The number of halogens is 7. The molecule has 2 saturated heterocycles. The predicted molar refractivity (Wildman–Crippen MR) is 175 cm³/mol. The molecule has 0 aromatic heterocycles. The number of benzene rings is 1. The lowest BCUT2D eigenvalue weighted by atomic mass is 9.78. The normalized spacial score (nSPS) is 24.5. The van der Waals surface area contributed by atoms with Gasteiger partial charge in [0.2, 0.25) is 0 Å². The summed E-state index contributed by atoms with van der Waals surface area (Å²) in [6.45, 7) is 4.89. The molecule has 2 aliphatic heterocycles. The Balaban J connectivity index is 1.64. The Morgan fingerprint density at radius 3 is 2.08 bits per heavy atom. The van der Waals surface area contributed by atoms with Crippen LogP contribution in [0.4, 0.5) is 35.5 Å². The van der Waals surface area contributed by atoms with Crippen LogP contribution in [0, 0.1) is 11.8 Å². The maximum atomic E-state index is 15.6. The summed E-state index contributed by atoms with van der Waals surface area (Å²) in [5.74, 6) is -1.35. The van der Waals surface area contributed by atoms with Gasteiger partial charge < -0.3 is 14.2 Å². The summed E-state index contributed by atoms with van der Waals surface area (Å²) in [6.07, 6.45) is -2.06. The van der Waals surface area contributed by atoms with Gasteiger partial charge in [0.25, 0.3) is 0 Å². The molecular weight excluding hydrogens is 687 g/mol. The molecule has 0 N–H and O–H groups in total. The van der Waals surface area contributed by atoms with Crippen molar-refractivity contribution in [2.24, 2.45) is 16.8 Å². The topological polar surface area (TPSA) is 80.7 Å². The largest absolute Gasteiger partial charge is 0.504 e. The van der Waals surface area contributed by atoms with Crippen molar-refractivity contribution in [1.29, 1.82) is 0 Å². The van der Waals surface area contributed by atoms with Crippen LogP contribution in [0.15, 0.2) is 70.7 Å². The van der Waals surface area contributed by atoms with Crippen molar-refractivity contribution >= 4 is 17.8 Å². The van der Waals surface area contributed by atoms with Gasteiger partial charge in [0.15, 0.2) is 0 Å². The monoisotopic (exact) mass is 729 g/mol. The SMILES string of the molecule is C/C=C(/C=C/C(=C(F)\C=C\OC)C1CCC(C(=O)OC)CC1)C(\CN1C(=O)OC(c2cc(C(F)(F)F)cc(C(F)(F)F)c2)C1C)=N/CN1CCC1. The Hall–Kier alpha value is -4.14. The molecule has 0 radical (unpaired) electrons. The van der Waals surface area contributed by atoms with Gasteiger partial charge in [0.05, 0.1) is 62.5 Å². The Morgan fingerprint density at radius 2 is 1.57 bits per heavy atom. The van der Waals surface area contributed by atoms with E-state index in [0.29, 0.717) is 54.7 Å². The lowest BCUT2D eigenvalue weighted by Gasteiger charge is -2.29. The molecule has 3 fully saturated rings. The number of allylic oxidation sites excluding steroid dienone is 6. The third-order valence-corrected chi connectivity index (χ3v) is 9.48. The van der Waals surface area contributed by atoms with E-state index in [2.05, 4.69) is 0 Å². The Bertz CT molecular complexity index is 1540. The van der Waals surface area contributed by atoms with Gasteiger partial charge in [-0.2, -0.15) is 26.3 Å². The zero-order valence-corrected chi connectivity index (χ0v) is 28.8. The van der Waals surface area contributed by atoms with Crippen molar-refractivity contribution in [3.05, 3.63) is 82.4 Å². The molecule has 0 bridgehead atoms. The second-order valence-electron chi connectivity index (χ2n) is 12.7. The lowest BCUT2D eigenvalue weighted by Crippen LogP contribution is -2.39. The van der Waals surface area contributed by atoms with E-state index in [1.165, 1.54) is 38.4 Å². The quantitative estimate of drug-likeness (QED) is 0.0706. The third-order valence-electron chi connectivity index (χ3n) is 9.48. The van der Waals surface area contributed by atoms with E-state index in [4.69, 9.17) is 19.2 Å². The lowest BCUT2D eigenvalue weighted by molar-refractivity contribution is -0.147. The summed E-state index contributed by atoms with van der Waals surface area (Å²) < 4.78 is 112. The average molecular weight is 730 g/mol. The maximum Gasteiger partial charge on any atom is 0.416 e. The number of esters is 1. The molecule has 2 atom stereocenters. The standard InChI is InChI=1S/C36H42F7N3O5/c1-5-23(11-12-29(30(37)13-16-49-3)24-7-9-25(10-8-24)33(47)50-4)31(44-21-45-14-6-15-45)20-46-22(2)32(51-34(46)48)26-17-27(35(38,39)40)19-28(18-26)36(41,42)43/h5,11-13,16-19,22,24-25,32H,6-10,14-15,20-21H2,1-4H3/b12-11+,16-13+,23-5-,30-29-,44-31-. The molecule has 2 heterocycles. The van der Waals surface area contributed by atoms with Crippen LogP contribution in [-0.4, -0.2) is 74.1 Å². The predicted octanol–water partition coefficient (Wildman–Crippen LogP) is 8.58. The first-order valence-corrected chi connectivity index (χ1v) is 16.6. The fraction of sp³-hybridized carbons (Fsp3) is 0.528. The summed E-state index contributed by atoms with van der Waals surface area (Å²) in [5.41, 5.74) is -2.20. The number of cyclic esters (lactones) is 1. The van der Waals surface area contributed by atoms with E-state index in [-0.39, 0.29) is 37.1 Å². The summed E-state index contributed by atoms with van der Waals surface area (Å²) in [4.78, 5) is 33.3. The van der Waals surface area contributed by atoms with Gasteiger partial charge in [-0.25, -0.2) is 9.18 Å². The van der Waals surface area contributed by atoms with E-state index in [1.807, 2.05) is 4.90 Å². The van der Waals surface area contributed by atoms with Crippen LogP contribution in [-0.2, 0) is 31.4 Å². The number of aliphatic imine (C=N–C) groups is 1. The third kappa shape index (κ3) is 10.0. The first kappa shape index (κ1) is 39.6. The highest BCUT2D eigenvalue weighted by atomic mass is 19.4. The number of likely N-dealkylation sites (tertiary alicyclic amines) is 1. The second-order valence-corrected chi connectivity index (χ2v) is 12.7. The highest BCUT2D eigenvalue weighted by Crippen LogP contribution is 2.41. The van der Waals surface area contributed by atoms with Crippen LogP contribution in [0.3, 0.4) is 0 Å². The molecule has 1 saturated carbocycles.